The zero-order valence-corrected chi connectivity index (χ0v) is 11.6. The van der Waals surface area contributed by atoms with Crippen LogP contribution in [-0.2, 0) is 11.3 Å². The molecule has 3 nitrogen and oxygen atoms in total. The molecule has 0 bridgehead atoms. The van der Waals surface area contributed by atoms with Crippen LogP contribution in [0.2, 0.25) is 0 Å². The van der Waals surface area contributed by atoms with E-state index >= 15 is 0 Å². The van der Waals surface area contributed by atoms with Gasteiger partial charge in [-0.2, -0.15) is 0 Å². The Kier molecular flexibility index (Phi) is 4.90. The summed E-state index contributed by atoms with van der Waals surface area (Å²) in [7, 11) is 0. The first-order valence-corrected chi connectivity index (χ1v) is 7.00. The molecule has 2 unspecified atom stereocenters. The minimum absolute atomic E-state index is 0.0308. The van der Waals surface area contributed by atoms with Crippen molar-refractivity contribution in [1.82, 2.24) is 4.90 Å². The summed E-state index contributed by atoms with van der Waals surface area (Å²) in [6.07, 6.45) is 4.11. The maximum absolute atomic E-state index is 13.7. The van der Waals surface area contributed by atoms with Crippen LogP contribution in [-0.4, -0.2) is 23.4 Å². The predicted octanol–water partition coefficient (Wildman–Crippen LogP) is 2.47. The summed E-state index contributed by atoms with van der Waals surface area (Å²) >= 11 is 0. The van der Waals surface area contributed by atoms with E-state index in [-0.39, 0.29) is 30.2 Å². The van der Waals surface area contributed by atoms with E-state index < -0.39 is 0 Å². The molecule has 1 fully saturated rings. The fourth-order valence-electron chi connectivity index (χ4n) is 2.72. The number of halogens is 1. The number of hydrogen-bond acceptors (Lipinski definition) is 2. The van der Waals surface area contributed by atoms with Gasteiger partial charge in [-0.25, -0.2) is 4.39 Å². The van der Waals surface area contributed by atoms with Gasteiger partial charge < -0.3 is 10.6 Å². The quantitative estimate of drug-likeness (QED) is 0.840. The monoisotopic (exact) mass is 276 g/mol. The highest BCUT2D eigenvalue weighted by Crippen LogP contribution is 2.26. The molecule has 2 N–H and O–H groups in total. The fraction of sp³-hybridized carbons (Fsp3) is 0.438. The minimum atomic E-state index is -0.280. The molecule has 0 spiro atoms. The normalized spacial score (nSPS) is 21.7. The van der Waals surface area contributed by atoms with Gasteiger partial charge in [-0.05, 0) is 25.3 Å². The molecular formula is C16H21FN2O. The van der Waals surface area contributed by atoms with Gasteiger partial charge in [0.05, 0.1) is 0 Å². The number of amides is 1. The zero-order valence-electron chi connectivity index (χ0n) is 11.6. The van der Waals surface area contributed by atoms with Gasteiger partial charge in [0.25, 0.3) is 0 Å². The van der Waals surface area contributed by atoms with E-state index in [4.69, 9.17) is 5.73 Å². The molecule has 2 atom stereocenters. The largest absolute Gasteiger partial charge is 0.334 e. The zero-order chi connectivity index (χ0) is 14.5. The van der Waals surface area contributed by atoms with Crippen LogP contribution in [0.15, 0.2) is 36.9 Å². The lowest BCUT2D eigenvalue weighted by Crippen LogP contribution is -2.35. The summed E-state index contributed by atoms with van der Waals surface area (Å²) in [4.78, 5) is 14.2. The lowest BCUT2D eigenvalue weighted by atomic mass is 10.1. The van der Waals surface area contributed by atoms with E-state index in [1.54, 1.807) is 29.2 Å². The minimum Gasteiger partial charge on any atom is -0.334 e. The van der Waals surface area contributed by atoms with Crippen molar-refractivity contribution in [3.8, 4) is 0 Å². The van der Waals surface area contributed by atoms with Crippen molar-refractivity contribution in [2.75, 3.05) is 6.54 Å². The standard InChI is InChI=1S/C16H21FN2O/c1-2-9-19(11-13-5-3-4-6-15(13)17)16(20)12-7-8-14(18)10-12/h2-6,12,14H,1,7-11,18H2. The van der Waals surface area contributed by atoms with E-state index in [1.165, 1.54) is 6.07 Å². The first-order chi connectivity index (χ1) is 9.61. The summed E-state index contributed by atoms with van der Waals surface area (Å²) in [5, 5.41) is 0. The smallest absolute Gasteiger partial charge is 0.226 e. The van der Waals surface area contributed by atoms with Gasteiger partial charge in [-0.3, -0.25) is 4.79 Å². The average molecular weight is 276 g/mol. The Morgan fingerprint density at radius 3 is 2.80 bits per heavy atom. The molecule has 2 rings (SSSR count). The second-order valence-corrected chi connectivity index (χ2v) is 5.37. The van der Waals surface area contributed by atoms with Gasteiger partial charge in [-0.15, -0.1) is 6.58 Å². The summed E-state index contributed by atoms with van der Waals surface area (Å²) < 4.78 is 13.7. The number of hydrogen-bond donors (Lipinski definition) is 1. The molecule has 4 heteroatoms. The Morgan fingerprint density at radius 2 is 2.20 bits per heavy atom. The van der Waals surface area contributed by atoms with E-state index in [0.29, 0.717) is 12.1 Å². The van der Waals surface area contributed by atoms with Gasteiger partial charge in [0.2, 0.25) is 5.91 Å². The SMILES string of the molecule is C=CCN(Cc1ccccc1F)C(=O)C1CCC(N)C1. The first-order valence-electron chi connectivity index (χ1n) is 7.00. The van der Waals surface area contributed by atoms with Crippen LogP contribution in [0.5, 0.6) is 0 Å². The molecule has 0 aromatic heterocycles. The van der Waals surface area contributed by atoms with Crippen molar-refractivity contribution < 1.29 is 9.18 Å². The number of carbonyl (C=O) groups is 1. The maximum Gasteiger partial charge on any atom is 0.226 e. The van der Waals surface area contributed by atoms with Crippen molar-refractivity contribution in [1.29, 1.82) is 0 Å². The Hall–Kier alpha value is -1.68. The van der Waals surface area contributed by atoms with Crippen LogP contribution >= 0.6 is 0 Å². The van der Waals surface area contributed by atoms with Gasteiger partial charge in [0, 0.05) is 30.6 Å². The lowest BCUT2D eigenvalue weighted by molar-refractivity contribution is -0.135. The van der Waals surface area contributed by atoms with Crippen LogP contribution in [0.4, 0.5) is 4.39 Å². The van der Waals surface area contributed by atoms with E-state index in [0.717, 1.165) is 19.3 Å². The molecule has 0 aliphatic heterocycles. The molecule has 0 heterocycles. The van der Waals surface area contributed by atoms with Crippen LogP contribution < -0.4 is 5.73 Å². The van der Waals surface area contributed by atoms with E-state index in [1.807, 2.05) is 0 Å². The van der Waals surface area contributed by atoms with E-state index in [2.05, 4.69) is 6.58 Å². The van der Waals surface area contributed by atoms with Crippen molar-refractivity contribution in [2.24, 2.45) is 11.7 Å². The summed E-state index contributed by atoms with van der Waals surface area (Å²) in [5.41, 5.74) is 6.40. The summed E-state index contributed by atoms with van der Waals surface area (Å²) in [6, 6.07) is 6.66. The van der Waals surface area contributed by atoms with E-state index in [9.17, 15) is 9.18 Å². The van der Waals surface area contributed by atoms with Crippen LogP contribution in [0.25, 0.3) is 0 Å². The molecule has 0 radical (unpaired) electrons. The fourth-order valence-corrected chi connectivity index (χ4v) is 2.72. The second-order valence-electron chi connectivity index (χ2n) is 5.37. The number of benzene rings is 1. The van der Waals surface area contributed by atoms with Crippen molar-refractivity contribution in [2.45, 2.75) is 31.8 Å². The topological polar surface area (TPSA) is 46.3 Å². The summed E-state index contributed by atoms with van der Waals surface area (Å²) in [6.45, 7) is 4.39. The molecule has 1 aromatic carbocycles. The summed E-state index contributed by atoms with van der Waals surface area (Å²) in [5.74, 6) is -0.254. The Labute approximate surface area is 119 Å². The molecule has 0 saturated heterocycles. The third kappa shape index (κ3) is 3.45. The van der Waals surface area contributed by atoms with Crippen LogP contribution in [0.1, 0.15) is 24.8 Å². The number of carbonyl (C=O) groups excluding carboxylic acids is 1. The van der Waals surface area contributed by atoms with Crippen molar-refractivity contribution in [3.05, 3.63) is 48.3 Å². The third-order valence-corrected chi connectivity index (χ3v) is 3.80. The lowest BCUT2D eigenvalue weighted by Gasteiger charge is -2.24. The molecule has 1 aromatic rings. The molecular weight excluding hydrogens is 255 g/mol. The van der Waals surface area contributed by atoms with Crippen LogP contribution in [0, 0.1) is 11.7 Å². The number of nitrogens with two attached hydrogens (primary N) is 1. The Bertz CT molecular complexity index is 489. The molecule has 1 aliphatic rings. The average Bonchev–Trinajstić information content (AvgIpc) is 2.86. The van der Waals surface area contributed by atoms with Crippen molar-refractivity contribution >= 4 is 5.91 Å². The molecule has 1 aliphatic carbocycles. The Morgan fingerprint density at radius 1 is 1.45 bits per heavy atom. The van der Waals surface area contributed by atoms with Gasteiger partial charge in [0.15, 0.2) is 0 Å². The highest BCUT2D eigenvalue weighted by atomic mass is 19.1. The van der Waals surface area contributed by atoms with Gasteiger partial charge in [0.1, 0.15) is 5.82 Å². The van der Waals surface area contributed by atoms with Gasteiger partial charge >= 0.3 is 0 Å². The highest BCUT2D eigenvalue weighted by molar-refractivity contribution is 5.79. The first kappa shape index (κ1) is 14.7. The maximum atomic E-state index is 13.7. The number of rotatable bonds is 5. The van der Waals surface area contributed by atoms with Crippen LogP contribution in [0.3, 0.4) is 0 Å². The molecule has 1 amide bonds. The molecule has 20 heavy (non-hydrogen) atoms. The molecule has 1 saturated carbocycles. The van der Waals surface area contributed by atoms with Gasteiger partial charge in [-0.1, -0.05) is 24.3 Å². The second kappa shape index (κ2) is 6.66. The highest BCUT2D eigenvalue weighted by Gasteiger charge is 2.30. The Balaban J connectivity index is 2.08. The number of nitrogens with zero attached hydrogens (tertiary/aromatic N) is 1. The molecule has 108 valence electrons. The third-order valence-electron chi connectivity index (χ3n) is 3.80. The van der Waals surface area contributed by atoms with Crippen molar-refractivity contribution in [3.63, 3.8) is 0 Å². The predicted molar refractivity (Wildman–Crippen MR) is 77.3 cm³/mol.